The lowest BCUT2D eigenvalue weighted by Gasteiger charge is -2.57. The lowest BCUT2D eigenvalue weighted by Crippen LogP contribution is -2.76. The van der Waals surface area contributed by atoms with Gasteiger partial charge in [-0.1, -0.05) is 6.58 Å². The number of alkyl halides is 6. The molecule has 0 aromatic carbocycles. The van der Waals surface area contributed by atoms with Gasteiger partial charge in [-0.25, -0.2) is 4.79 Å². The van der Waals surface area contributed by atoms with E-state index in [4.69, 9.17) is 4.74 Å². The predicted octanol–water partition coefficient (Wildman–Crippen LogP) is 3.00. The Bertz CT molecular complexity index is 497. The maximum absolute atomic E-state index is 13.1. The lowest BCUT2D eigenvalue weighted by molar-refractivity contribution is -0.473. The molecule has 1 saturated heterocycles. The van der Waals surface area contributed by atoms with Gasteiger partial charge < -0.3 is 9.47 Å². The number of halogens is 6. The van der Waals surface area contributed by atoms with Crippen LogP contribution in [0.1, 0.15) is 12.8 Å². The third-order valence-electron chi connectivity index (χ3n) is 4.94. The van der Waals surface area contributed by atoms with Crippen LogP contribution in [0.5, 0.6) is 0 Å². The van der Waals surface area contributed by atoms with E-state index in [2.05, 4.69) is 11.3 Å². The zero-order valence-corrected chi connectivity index (χ0v) is 11.1. The quantitative estimate of drug-likeness (QED) is 0.444. The van der Waals surface area contributed by atoms with Crippen molar-refractivity contribution in [2.45, 2.75) is 43.0 Å². The number of hydrogen-bond donors (Lipinski definition) is 0. The molecule has 0 aromatic heterocycles. The molecule has 3 rings (SSSR count). The minimum absolute atomic E-state index is 0.137. The van der Waals surface area contributed by atoms with E-state index in [-0.39, 0.29) is 12.8 Å². The topological polar surface area (TPSA) is 35.5 Å². The number of ether oxygens (including phenoxy) is 2. The van der Waals surface area contributed by atoms with Crippen molar-refractivity contribution in [2.75, 3.05) is 0 Å². The van der Waals surface area contributed by atoms with Crippen LogP contribution in [0.3, 0.4) is 0 Å². The molecule has 3 nitrogen and oxygen atoms in total. The van der Waals surface area contributed by atoms with Crippen molar-refractivity contribution in [3.05, 3.63) is 12.7 Å². The van der Waals surface area contributed by atoms with E-state index in [1.54, 1.807) is 0 Å². The summed E-state index contributed by atoms with van der Waals surface area (Å²) in [5.41, 5.74) is -4.15. The molecule has 5 unspecified atom stereocenters. The maximum atomic E-state index is 13.1. The second-order valence-corrected chi connectivity index (χ2v) is 5.91. The average Bonchev–Trinajstić information content (AvgIpc) is 2.78. The zero-order chi connectivity index (χ0) is 16.5. The number of carbonyl (C=O) groups excluding carboxylic acids is 1. The molecule has 9 heteroatoms. The maximum Gasteiger partial charge on any atom is 0.426 e. The molecule has 0 aromatic rings. The van der Waals surface area contributed by atoms with Crippen molar-refractivity contribution >= 4 is 5.97 Å². The van der Waals surface area contributed by atoms with E-state index >= 15 is 0 Å². The average molecular weight is 330 g/mol. The molecule has 3 aliphatic rings. The Labute approximate surface area is 121 Å². The van der Waals surface area contributed by atoms with E-state index in [0.717, 1.165) is 6.08 Å². The molecule has 5 atom stereocenters. The third-order valence-corrected chi connectivity index (χ3v) is 4.94. The van der Waals surface area contributed by atoms with Gasteiger partial charge in [0.2, 0.25) is 0 Å². The van der Waals surface area contributed by atoms with Crippen molar-refractivity contribution in [1.29, 1.82) is 0 Å². The number of rotatable bonds is 2. The van der Waals surface area contributed by atoms with Gasteiger partial charge in [-0.2, -0.15) is 26.3 Å². The fraction of sp³-hybridized carbons (Fsp3) is 0.769. The molecule has 0 N–H and O–H groups in total. The second-order valence-electron chi connectivity index (χ2n) is 5.91. The molecule has 1 heterocycles. The highest BCUT2D eigenvalue weighted by molar-refractivity contribution is 5.81. The van der Waals surface area contributed by atoms with Gasteiger partial charge in [0, 0.05) is 17.9 Å². The molecule has 22 heavy (non-hydrogen) atoms. The van der Waals surface area contributed by atoms with Crippen LogP contribution in [-0.4, -0.2) is 36.1 Å². The Morgan fingerprint density at radius 1 is 1.18 bits per heavy atom. The Balaban J connectivity index is 1.91. The van der Waals surface area contributed by atoms with Gasteiger partial charge in [0.15, 0.2) is 0 Å². The summed E-state index contributed by atoms with van der Waals surface area (Å²) in [4.78, 5) is 11.2. The van der Waals surface area contributed by atoms with Gasteiger partial charge >= 0.3 is 18.3 Å². The molecule has 3 fully saturated rings. The van der Waals surface area contributed by atoms with Gasteiger partial charge in [0.1, 0.15) is 6.10 Å². The van der Waals surface area contributed by atoms with Crippen LogP contribution in [0.2, 0.25) is 0 Å². The van der Waals surface area contributed by atoms with Crippen LogP contribution in [-0.2, 0) is 14.3 Å². The first-order chi connectivity index (χ1) is 10.0. The third kappa shape index (κ3) is 1.77. The van der Waals surface area contributed by atoms with E-state index in [1.807, 2.05) is 0 Å². The SMILES string of the molecule is C=CC(=O)OC1CC2CC1C1C2OC1(C(F)(F)F)C(F)(F)F. The van der Waals surface area contributed by atoms with Crippen molar-refractivity contribution in [2.24, 2.45) is 17.8 Å². The van der Waals surface area contributed by atoms with E-state index in [1.165, 1.54) is 0 Å². The van der Waals surface area contributed by atoms with E-state index in [9.17, 15) is 31.1 Å². The summed E-state index contributed by atoms with van der Waals surface area (Å²) < 4.78 is 87.9. The van der Waals surface area contributed by atoms with Crippen LogP contribution in [0.25, 0.3) is 0 Å². The molecular formula is C13H12F6O3. The van der Waals surface area contributed by atoms with Gasteiger partial charge in [-0.05, 0) is 18.8 Å². The van der Waals surface area contributed by atoms with Crippen molar-refractivity contribution < 1.29 is 40.6 Å². The van der Waals surface area contributed by atoms with Crippen LogP contribution >= 0.6 is 0 Å². The van der Waals surface area contributed by atoms with Gasteiger partial charge in [-0.15, -0.1) is 0 Å². The lowest BCUT2D eigenvalue weighted by atomic mass is 9.67. The minimum atomic E-state index is -5.57. The Hall–Kier alpha value is -1.25. The molecule has 0 amide bonds. The highest BCUT2D eigenvalue weighted by Gasteiger charge is 2.87. The highest BCUT2D eigenvalue weighted by atomic mass is 19.4. The minimum Gasteiger partial charge on any atom is -0.459 e. The number of carbonyl (C=O) groups is 1. The molecule has 124 valence electrons. The molecule has 1 aliphatic heterocycles. The fourth-order valence-electron chi connectivity index (χ4n) is 4.18. The van der Waals surface area contributed by atoms with Crippen molar-refractivity contribution in [3.63, 3.8) is 0 Å². The summed E-state index contributed by atoms with van der Waals surface area (Å²) in [6.45, 7) is 3.16. The van der Waals surface area contributed by atoms with Crippen LogP contribution in [0, 0.1) is 17.8 Å². The summed E-state index contributed by atoms with van der Waals surface area (Å²) >= 11 is 0. The summed E-state index contributed by atoms with van der Waals surface area (Å²) in [5.74, 6) is -4.06. The number of hydrogen-bond acceptors (Lipinski definition) is 3. The molecule has 0 radical (unpaired) electrons. The van der Waals surface area contributed by atoms with Gasteiger partial charge in [-0.3, -0.25) is 0 Å². The highest BCUT2D eigenvalue weighted by Crippen LogP contribution is 2.69. The van der Waals surface area contributed by atoms with Crippen molar-refractivity contribution in [1.82, 2.24) is 0 Å². The van der Waals surface area contributed by atoms with E-state index < -0.39 is 53.9 Å². The Kier molecular flexibility index (Phi) is 3.12. The monoisotopic (exact) mass is 330 g/mol. The Morgan fingerprint density at radius 2 is 1.77 bits per heavy atom. The molecular weight excluding hydrogens is 318 g/mol. The van der Waals surface area contributed by atoms with Gasteiger partial charge in [0.05, 0.1) is 6.10 Å². The smallest absolute Gasteiger partial charge is 0.426 e. The number of fused-ring (bicyclic) bond motifs is 5. The molecule has 2 bridgehead atoms. The van der Waals surface area contributed by atoms with Crippen molar-refractivity contribution in [3.8, 4) is 0 Å². The standard InChI is InChI=1S/C13H12F6O3/c1-2-8(20)21-7-4-5-3-6(7)9-10(5)22-11(9,12(14,15)16)13(17,18)19/h2,5-7,9-10H,1,3-4H2. The van der Waals surface area contributed by atoms with Crippen LogP contribution in [0.15, 0.2) is 12.7 Å². The first-order valence-electron chi connectivity index (χ1n) is 6.67. The summed E-state index contributed by atoms with van der Waals surface area (Å²) in [7, 11) is 0. The first-order valence-corrected chi connectivity index (χ1v) is 6.67. The summed E-state index contributed by atoms with van der Waals surface area (Å²) in [6, 6.07) is 0. The van der Waals surface area contributed by atoms with E-state index in [0.29, 0.717) is 0 Å². The Morgan fingerprint density at radius 3 is 2.27 bits per heavy atom. The van der Waals surface area contributed by atoms with Gasteiger partial charge in [0.25, 0.3) is 5.60 Å². The molecule has 2 aliphatic carbocycles. The molecule has 2 saturated carbocycles. The largest absolute Gasteiger partial charge is 0.459 e. The first kappa shape index (κ1) is 15.6. The summed E-state index contributed by atoms with van der Waals surface area (Å²) in [6.07, 6.45) is -12.0. The zero-order valence-electron chi connectivity index (χ0n) is 11.1. The van der Waals surface area contributed by atoms with Crippen LogP contribution in [0.4, 0.5) is 26.3 Å². The summed E-state index contributed by atoms with van der Waals surface area (Å²) in [5, 5.41) is 0. The molecule has 0 spiro atoms. The number of esters is 1. The second kappa shape index (κ2) is 4.39. The predicted molar refractivity (Wildman–Crippen MR) is 59.5 cm³/mol. The van der Waals surface area contributed by atoms with Crippen LogP contribution < -0.4 is 0 Å². The normalized spacial score (nSPS) is 39.1. The fourth-order valence-corrected chi connectivity index (χ4v) is 4.18.